The van der Waals surface area contributed by atoms with Gasteiger partial charge in [-0.2, -0.15) is 0 Å². The zero-order chi connectivity index (χ0) is 32.7. The molecule has 9 aromatic rings. The minimum absolute atomic E-state index is 0.0575. The van der Waals surface area contributed by atoms with E-state index < -0.39 is 0 Å². The standard InChI is InChI=1S/C49H34/c1-49(2)44-23-13-12-22-42(44)48-37-17-7-6-16-36(37)43(30-45(48)49)34-26-24-33-29-35(27-25-32(33)28-34)47-40-20-10-8-18-38(40)46(31-14-4-3-5-15-31)39-19-9-11-21-41(39)47/h3-30H,1-2H3. The number of hydrogen-bond donors (Lipinski definition) is 0. The Kier molecular flexibility index (Phi) is 6.02. The van der Waals surface area contributed by atoms with Gasteiger partial charge in [-0.15, -0.1) is 0 Å². The summed E-state index contributed by atoms with van der Waals surface area (Å²) < 4.78 is 0. The topological polar surface area (TPSA) is 0 Å². The molecule has 230 valence electrons. The second kappa shape index (κ2) is 10.5. The molecule has 0 heterocycles. The molecule has 1 aliphatic rings. The van der Waals surface area contributed by atoms with Crippen molar-refractivity contribution < 1.29 is 0 Å². The molecule has 0 unspecified atom stereocenters. The highest BCUT2D eigenvalue weighted by Crippen LogP contribution is 2.53. The Bertz CT molecular complexity index is 2720. The van der Waals surface area contributed by atoms with Crippen molar-refractivity contribution in [2.75, 3.05) is 0 Å². The number of fused-ring (bicyclic) bond motifs is 8. The maximum absolute atomic E-state index is 2.47. The first-order valence-corrected chi connectivity index (χ1v) is 17.3. The SMILES string of the molecule is CC1(C)c2ccccc2-c2c1cc(-c1ccc3cc(-c4c5ccccc5c(-c5ccccc5)c5ccccc45)ccc3c1)c1ccccc21. The normalized spacial score (nSPS) is 13.3. The molecule has 0 amide bonds. The van der Waals surface area contributed by atoms with E-state index in [1.54, 1.807) is 0 Å². The molecular weight excluding hydrogens is 589 g/mol. The van der Waals surface area contributed by atoms with E-state index in [1.807, 2.05) is 0 Å². The van der Waals surface area contributed by atoms with Crippen LogP contribution in [0.3, 0.4) is 0 Å². The molecule has 0 N–H and O–H groups in total. The second-order valence-corrected chi connectivity index (χ2v) is 14.0. The molecule has 0 spiro atoms. The van der Waals surface area contributed by atoms with Gasteiger partial charge < -0.3 is 0 Å². The summed E-state index contributed by atoms with van der Waals surface area (Å²) in [6.07, 6.45) is 0. The quantitative estimate of drug-likeness (QED) is 0.172. The van der Waals surface area contributed by atoms with Crippen LogP contribution < -0.4 is 0 Å². The van der Waals surface area contributed by atoms with Crippen molar-refractivity contribution in [3.8, 4) is 44.5 Å². The summed E-state index contributed by atoms with van der Waals surface area (Å²) in [6.45, 7) is 4.75. The van der Waals surface area contributed by atoms with Crippen LogP contribution in [0.2, 0.25) is 0 Å². The van der Waals surface area contributed by atoms with Crippen molar-refractivity contribution in [3.05, 3.63) is 181 Å². The third-order valence-electron chi connectivity index (χ3n) is 11.0. The van der Waals surface area contributed by atoms with Gasteiger partial charge in [0.05, 0.1) is 0 Å². The Hall–Kier alpha value is -5.98. The average Bonchev–Trinajstić information content (AvgIpc) is 3.39. The van der Waals surface area contributed by atoms with Gasteiger partial charge in [-0.25, -0.2) is 0 Å². The highest BCUT2D eigenvalue weighted by atomic mass is 14.4. The molecule has 0 radical (unpaired) electrons. The predicted molar refractivity (Wildman–Crippen MR) is 210 cm³/mol. The Morgan fingerprint density at radius 1 is 0.306 bits per heavy atom. The van der Waals surface area contributed by atoms with Crippen LogP contribution in [0.1, 0.15) is 25.0 Å². The van der Waals surface area contributed by atoms with Crippen molar-refractivity contribution in [3.63, 3.8) is 0 Å². The van der Waals surface area contributed by atoms with Crippen LogP contribution in [0.25, 0.3) is 87.6 Å². The molecule has 0 heteroatoms. The lowest BCUT2D eigenvalue weighted by Gasteiger charge is -2.23. The highest BCUT2D eigenvalue weighted by molar-refractivity contribution is 6.21. The van der Waals surface area contributed by atoms with E-state index in [9.17, 15) is 0 Å². The molecule has 0 atom stereocenters. The van der Waals surface area contributed by atoms with Crippen LogP contribution in [0.15, 0.2) is 170 Å². The monoisotopic (exact) mass is 622 g/mol. The fourth-order valence-corrected chi connectivity index (χ4v) is 8.71. The molecule has 9 aromatic carbocycles. The third kappa shape index (κ3) is 4.11. The molecule has 49 heavy (non-hydrogen) atoms. The van der Waals surface area contributed by atoms with Gasteiger partial charge in [-0.3, -0.25) is 0 Å². The fourth-order valence-electron chi connectivity index (χ4n) is 8.71. The minimum atomic E-state index is -0.0575. The van der Waals surface area contributed by atoms with Crippen LogP contribution >= 0.6 is 0 Å². The molecule has 0 aromatic heterocycles. The molecule has 0 saturated heterocycles. The van der Waals surface area contributed by atoms with Crippen LogP contribution in [-0.4, -0.2) is 0 Å². The van der Waals surface area contributed by atoms with Crippen LogP contribution in [-0.2, 0) is 5.41 Å². The van der Waals surface area contributed by atoms with E-state index in [0.717, 1.165) is 0 Å². The third-order valence-corrected chi connectivity index (χ3v) is 11.0. The van der Waals surface area contributed by atoms with Crippen LogP contribution in [0.5, 0.6) is 0 Å². The Balaban J connectivity index is 1.16. The van der Waals surface area contributed by atoms with E-state index in [4.69, 9.17) is 0 Å². The summed E-state index contributed by atoms with van der Waals surface area (Å²) in [5, 5.41) is 10.3. The van der Waals surface area contributed by atoms with Gasteiger partial charge in [0.1, 0.15) is 0 Å². The van der Waals surface area contributed by atoms with Gasteiger partial charge in [0.2, 0.25) is 0 Å². The Morgan fingerprint density at radius 3 is 1.41 bits per heavy atom. The first-order chi connectivity index (χ1) is 24.1. The Labute approximate surface area is 286 Å². The summed E-state index contributed by atoms with van der Waals surface area (Å²) in [7, 11) is 0. The molecule has 0 aliphatic heterocycles. The number of rotatable bonds is 3. The summed E-state index contributed by atoms with van der Waals surface area (Å²) >= 11 is 0. The lowest BCUT2D eigenvalue weighted by molar-refractivity contribution is 0.661. The molecule has 1 aliphatic carbocycles. The maximum Gasteiger partial charge on any atom is 0.0159 e. The lowest BCUT2D eigenvalue weighted by atomic mass is 9.80. The zero-order valence-electron chi connectivity index (χ0n) is 27.7. The molecule has 0 bridgehead atoms. The molecule has 0 fully saturated rings. The summed E-state index contributed by atoms with van der Waals surface area (Å²) in [4.78, 5) is 0. The van der Waals surface area contributed by atoms with Gasteiger partial charge >= 0.3 is 0 Å². The molecule has 10 rings (SSSR count). The van der Waals surface area contributed by atoms with Gasteiger partial charge in [-0.05, 0) is 117 Å². The predicted octanol–water partition coefficient (Wildman–Crippen LogP) is 13.6. The van der Waals surface area contributed by atoms with E-state index in [-0.39, 0.29) is 5.41 Å². The van der Waals surface area contributed by atoms with Crippen LogP contribution in [0, 0.1) is 0 Å². The van der Waals surface area contributed by atoms with E-state index in [1.165, 1.54) is 98.7 Å². The zero-order valence-corrected chi connectivity index (χ0v) is 27.7. The van der Waals surface area contributed by atoms with E-state index in [2.05, 4.69) is 184 Å². The van der Waals surface area contributed by atoms with Crippen molar-refractivity contribution in [1.29, 1.82) is 0 Å². The van der Waals surface area contributed by atoms with Gasteiger partial charge in [0.15, 0.2) is 0 Å². The first-order valence-electron chi connectivity index (χ1n) is 17.3. The van der Waals surface area contributed by atoms with E-state index in [0.29, 0.717) is 0 Å². The first kappa shape index (κ1) is 28.1. The molecule has 0 nitrogen and oxygen atoms in total. The smallest absolute Gasteiger partial charge is 0.0159 e. The average molecular weight is 623 g/mol. The van der Waals surface area contributed by atoms with Crippen molar-refractivity contribution in [2.45, 2.75) is 19.3 Å². The largest absolute Gasteiger partial charge is 0.0622 e. The van der Waals surface area contributed by atoms with Crippen LogP contribution in [0.4, 0.5) is 0 Å². The van der Waals surface area contributed by atoms with Gasteiger partial charge in [0.25, 0.3) is 0 Å². The van der Waals surface area contributed by atoms with Crippen molar-refractivity contribution >= 4 is 43.1 Å². The highest BCUT2D eigenvalue weighted by Gasteiger charge is 2.36. The minimum Gasteiger partial charge on any atom is -0.0622 e. The van der Waals surface area contributed by atoms with Gasteiger partial charge in [0, 0.05) is 5.41 Å². The van der Waals surface area contributed by atoms with Crippen molar-refractivity contribution in [1.82, 2.24) is 0 Å². The summed E-state index contributed by atoms with van der Waals surface area (Å²) in [5.41, 5.74) is 13.2. The van der Waals surface area contributed by atoms with E-state index >= 15 is 0 Å². The van der Waals surface area contributed by atoms with Gasteiger partial charge in [-0.1, -0.05) is 166 Å². The lowest BCUT2D eigenvalue weighted by Crippen LogP contribution is -2.15. The maximum atomic E-state index is 2.47. The molecule has 0 saturated carbocycles. The number of hydrogen-bond acceptors (Lipinski definition) is 0. The summed E-state index contributed by atoms with van der Waals surface area (Å²) in [5.74, 6) is 0. The van der Waals surface area contributed by atoms with Crippen molar-refractivity contribution in [2.24, 2.45) is 0 Å². The second-order valence-electron chi connectivity index (χ2n) is 14.0. The number of benzene rings is 9. The molecular formula is C49H34. The Morgan fingerprint density at radius 2 is 0.776 bits per heavy atom. The summed E-state index contributed by atoms with van der Waals surface area (Å²) in [6, 6.07) is 63.1. The fraction of sp³-hybridized carbons (Fsp3) is 0.0612.